The van der Waals surface area contributed by atoms with Crippen LogP contribution in [0, 0.1) is 6.92 Å². The van der Waals surface area contributed by atoms with Gasteiger partial charge in [0, 0.05) is 36.0 Å². The molecule has 0 aromatic carbocycles. The van der Waals surface area contributed by atoms with Crippen LogP contribution in [-0.2, 0) is 0 Å². The number of piperidine rings is 1. The van der Waals surface area contributed by atoms with Gasteiger partial charge >= 0.3 is 0 Å². The fourth-order valence-corrected chi connectivity index (χ4v) is 8.09. The van der Waals surface area contributed by atoms with Crippen molar-refractivity contribution in [2.24, 2.45) is 0 Å². The smallest absolute Gasteiger partial charge is 0.263 e. The summed E-state index contributed by atoms with van der Waals surface area (Å²) < 4.78 is 0.749. The summed E-state index contributed by atoms with van der Waals surface area (Å²) in [5, 5.41) is 6.97. The third kappa shape index (κ3) is 3.49. The van der Waals surface area contributed by atoms with E-state index in [0.717, 1.165) is 55.8 Å². The summed E-state index contributed by atoms with van der Waals surface area (Å²) in [6.07, 6.45) is 5.50. The zero-order chi connectivity index (χ0) is 22.2. The standard InChI is InChI=1S/C24H27ClN4OS2/c1-12-26-20(15-5-7-31-22(15)27-12)17-9-16(17)18-10-19(32-21(18)25)23(30)29(3)14-8-13-4-6-24(2,11-14)28-13/h5,7,10,13-14,16-17,28H,4,6,8-9,11H2,1-3H3/t13-,14+,16-,17-,24+/m1/s1. The van der Waals surface area contributed by atoms with Crippen molar-refractivity contribution in [3.63, 3.8) is 0 Å². The summed E-state index contributed by atoms with van der Waals surface area (Å²) in [6.45, 7) is 4.25. The van der Waals surface area contributed by atoms with Gasteiger partial charge in [0.15, 0.2) is 0 Å². The van der Waals surface area contributed by atoms with Gasteiger partial charge in [-0.25, -0.2) is 9.97 Å². The van der Waals surface area contributed by atoms with Gasteiger partial charge in [-0.1, -0.05) is 11.6 Å². The molecule has 168 valence electrons. The lowest BCUT2D eigenvalue weighted by Crippen LogP contribution is -2.54. The summed E-state index contributed by atoms with van der Waals surface area (Å²) in [4.78, 5) is 26.5. The molecule has 1 aliphatic carbocycles. The molecule has 3 aliphatic rings. The average Bonchev–Trinajstić information content (AvgIpc) is 3.07. The molecule has 3 fully saturated rings. The van der Waals surface area contributed by atoms with Crippen LogP contribution >= 0.6 is 34.3 Å². The number of thiophene rings is 2. The van der Waals surface area contributed by atoms with Gasteiger partial charge in [0.05, 0.1) is 14.9 Å². The van der Waals surface area contributed by atoms with E-state index in [1.54, 1.807) is 11.3 Å². The van der Waals surface area contributed by atoms with Gasteiger partial charge < -0.3 is 10.2 Å². The summed E-state index contributed by atoms with van der Waals surface area (Å²) in [5.74, 6) is 1.60. The van der Waals surface area contributed by atoms with Crippen molar-refractivity contribution in [3.05, 3.63) is 43.8 Å². The molecule has 2 aliphatic heterocycles. The number of aryl methyl sites for hydroxylation is 1. The van der Waals surface area contributed by atoms with E-state index in [1.165, 1.54) is 24.2 Å². The zero-order valence-corrected chi connectivity index (χ0v) is 20.9. The second-order valence-corrected chi connectivity index (χ2v) is 12.6. The fraction of sp³-hybridized carbons (Fsp3) is 0.542. The van der Waals surface area contributed by atoms with Crippen molar-refractivity contribution in [2.45, 2.75) is 75.4 Å². The number of nitrogens with zero attached hydrogens (tertiary/aromatic N) is 3. The molecule has 5 heterocycles. The number of aromatic nitrogens is 2. The highest BCUT2D eigenvalue weighted by molar-refractivity contribution is 7.18. The monoisotopic (exact) mass is 486 g/mol. The first kappa shape index (κ1) is 21.0. The van der Waals surface area contributed by atoms with Crippen molar-refractivity contribution < 1.29 is 4.79 Å². The number of amides is 1. The third-order valence-electron chi connectivity index (χ3n) is 7.64. The number of hydrogen-bond donors (Lipinski definition) is 1. The van der Waals surface area contributed by atoms with Crippen LogP contribution in [0.3, 0.4) is 0 Å². The quantitative estimate of drug-likeness (QED) is 0.511. The number of rotatable bonds is 4. The number of hydrogen-bond acceptors (Lipinski definition) is 6. The van der Waals surface area contributed by atoms with Crippen molar-refractivity contribution in [2.75, 3.05) is 7.05 Å². The molecule has 2 bridgehead atoms. The number of carbonyl (C=O) groups excluding carboxylic acids is 1. The number of fused-ring (bicyclic) bond motifs is 3. The number of carbonyl (C=O) groups is 1. The van der Waals surface area contributed by atoms with Crippen LogP contribution in [-0.4, -0.2) is 45.4 Å². The maximum Gasteiger partial charge on any atom is 0.263 e. The minimum atomic E-state index is 0.105. The molecule has 1 amide bonds. The molecule has 8 heteroatoms. The second kappa shape index (κ2) is 7.49. The summed E-state index contributed by atoms with van der Waals surface area (Å²) in [7, 11) is 1.96. The Kier molecular flexibility index (Phi) is 4.92. The first-order chi connectivity index (χ1) is 15.3. The normalized spacial score (nSPS) is 31.2. The van der Waals surface area contributed by atoms with Gasteiger partial charge in [0.2, 0.25) is 0 Å². The summed E-state index contributed by atoms with van der Waals surface area (Å²) >= 11 is 9.77. The highest BCUT2D eigenvalue weighted by Gasteiger charge is 2.45. The molecule has 5 nitrogen and oxygen atoms in total. The Hall–Kier alpha value is -1.54. The van der Waals surface area contributed by atoms with Crippen LogP contribution in [0.15, 0.2) is 17.5 Å². The minimum Gasteiger partial charge on any atom is -0.338 e. The topological polar surface area (TPSA) is 58.1 Å². The van der Waals surface area contributed by atoms with Crippen LogP contribution in [0.4, 0.5) is 0 Å². The van der Waals surface area contributed by atoms with Gasteiger partial charge in [-0.3, -0.25) is 4.79 Å². The molecule has 5 atom stereocenters. The van der Waals surface area contributed by atoms with E-state index in [4.69, 9.17) is 16.6 Å². The Labute approximate surface area is 201 Å². The van der Waals surface area contributed by atoms with E-state index in [2.05, 4.69) is 28.7 Å². The molecule has 32 heavy (non-hydrogen) atoms. The fourth-order valence-electron chi connectivity index (χ4n) is 5.89. The third-order valence-corrected chi connectivity index (χ3v) is 9.82. The van der Waals surface area contributed by atoms with E-state index < -0.39 is 0 Å². The van der Waals surface area contributed by atoms with E-state index >= 15 is 0 Å². The molecule has 0 unspecified atom stereocenters. The molecular formula is C24H27ClN4OS2. The first-order valence-corrected chi connectivity index (χ1v) is 13.4. The molecule has 3 aromatic heterocycles. The molecule has 1 N–H and O–H groups in total. The number of halogens is 1. The van der Waals surface area contributed by atoms with Crippen molar-refractivity contribution in [3.8, 4) is 0 Å². The lowest BCUT2D eigenvalue weighted by Gasteiger charge is -2.40. The van der Waals surface area contributed by atoms with Crippen molar-refractivity contribution in [1.82, 2.24) is 20.2 Å². The van der Waals surface area contributed by atoms with Gasteiger partial charge in [0.25, 0.3) is 5.91 Å². The second-order valence-electron chi connectivity index (χ2n) is 10.0. The SMILES string of the molecule is Cc1nc([C@@H]2C[C@H]2c2cc(C(=O)N(C)[C@H]3C[C@H]4CC[C@@](C)(C3)N4)sc2Cl)c2ccsc2n1. The molecule has 2 saturated heterocycles. The first-order valence-electron chi connectivity index (χ1n) is 11.4. The summed E-state index contributed by atoms with van der Waals surface area (Å²) in [5.41, 5.74) is 2.41. The maximum absolute atomic E-state index is 13.4. The van der Waals surface area contributed by atoms with Crippen LogP contribution in [0.2, 0.25) is 4.34 Å². The molecular weight excluding hydrogens is 460 g/mol. The molecule has 0 radical (unpaired) electrons. The van der Waals surface area contributed by atoms with Gasteiger partial charge in [0.1, 0.15) is 10.7 Å². The molecule has 1 saturated carbocycles. The summed E-state index contributed by atoms with van der Waals surface area (Å²) in [6, 6.07) is 4.99. The Bertz CT molecular complexity index is 1220. The lowest BCUT2D eigenvalue weighted by molar-refractivity contribution is 0.0653. The highest BCUT2D eigenvalue weighted by atomic mass is 35.5. The van der Waals surface area contributed by atoms with Gasteiger partial charge in [-0.05, 0) is 74.9 Å². The van der Waals surface area contributed by atoms with E-state index in [1.807, 2.05) is 24.9 Å². The van der Waals surface area contributed by atoms with E-state index in [-0.39, 0.29) is 17.5 Å². The van der Waals surface area contributed by atoms with Gasteiger partial charge in [-0.15, -0.1) is 22.7 Å². The van der Waals surface area contributed by atoms with Crippen molar-refractivity contribution in [1.29, 1.82) is 0 Å². The van der Waals surface area contributed by atoms with Crippen LogP contribution in [0.1, 0.15) is 77.6 Å². The predicted molar refractivity (Wildman–Crippen MR) is 131 cm³/mol. The maximum atomic E-state index is 13.4. The zero-order valence-electron chi connectivity index (χ0n) is 18.5. The Morgan fingerprint density at radius 1 is 1.31 bits per heavy atom. The molecule has 3 aromatic rings. The predicted octanol–water partition coefficient (Wildman–Crippen LogP) is 5.73. The largest absolute Gasteiger partial charge is 0.338 e. The molecule has 0 spiro atoms. The van der Waals surface area contributed by atoms with E-state index in [0.29, 0.717) is 17.9 Å². The van der Waals surface area contributed by atoms with Crippen molar-refractivity contribution >= 4 is 50.4 Å². The Balaban J connectivity index is 1.22. The lowest BCUT2D eigenvalue weighted by atomic mass is 9.88. The van der Waals surface area contributed by atoms with Crippen LogP contribution in [0.5, 0.6) is 0 Å². The molecule has 6 rings (SSSR count). The minimum absolute atomic E-state index is 0.105. The van der Waals surface area contributed by atoms with Crippen LogP contribution < -0.4 is 5.32 Å². The Morgan fingerprint density at radius 3 is 2.97 bits per heavy atom. The van der Waals surface area contributed by atoms with Gasteiger partial charge in [-0.2, -0.15) is 0 Å². The van der Waals surface area contributed by atoms with Crippen LogP contribution in [0.25, 0.3) is 10.2 Å². The number of nitrogens with one attached hydrogen (secondary N) is 1. The average molecular weight is 487 g/mol. The van der Waals surface area contributed by atoms with E-state index in [9.17, 15) is 4.79 Å². The highest BCUT2D eigenvalue weighted by Crippen LogP contribution is 2.58. The Morgan fingerprint density at radius 2 is 2.16 bits per heavy atom.